The van der Waals surface area contributed by atoms with Gasteiger partial charge in [0.05, 0.1) is 12.1 Å². The third-order valence-corrected chi connectivity index (χ3v) is 4.17. The van der Waals surface area contributed by atoms with Crippen LogP contribution < -0.4 is 0 Å². The zero-order valence-corrected chi connectivity index (χ0v) is 12.3. The molecule has 1 saturated heterocycles. The largest absolute Gasteiger partial charge is 0.337 e. The molecule has 3 aromatic rings. The standard InChI is InChI=1S/C16H17N5O/c1-12(20-10-14(11-20)21-9-5-8-17-21)16-18-15(19-22-16)13-6-3-2-4-7-13/h2-9,12,14H,10-11H2,1H3/t12-/m1/s1. The average molecular weight is 295 g/mol. The lowest BCUT2D eigenvalue weighted by atomic mass is 10.1. The van der Waals surface area contributed by atoms with E-state index in [1.807, 2.05) is 53.5 Å². The number of aromatic nitrogens is 4. The molecule has 4 rings (SSSR count). The van der Waals surface area contributed by atoms with E-state index in [4.69, 9.17) is 4.52 Å². The van der Waals surface area contributed by atoms with E-state index in [1.54, 1.807) is 0 Å². The van der Waals surface area contributed by atoms with Crippen LogP contribution in [0.25, 0.3) is 11.4 Å². The van der Waals surface area contributed by atoms with Crippen molar-refractivity contribution in [2.75, 3.05) is 13.1 Å². The van der Waals surface area contributed by atoms with Crippen LogP contribution in [0.2, 0.25) is 0 Å². The van der Waals surface area contributed by atoms with E-state index in [1.165, 1.54) is 0 Å². The number of hydrogen-bond acceptors (Lipinski definition) is 5. The second kappa shape index (κ2) is 5.38. The molecule has 0 unspecified atom stereocenters. The lowest BCUT2D eigenvalue weighted by Gasteiger charge is -2.41. The van der Waals surface area contributed by atoms with Crippen molar-refractivity contribution in [3.05, 3.63) is 54.7 Å². The third-order valence-electron chi connectivity index (χ3n) is 4.17. The van der Waals surface area contributed by atoms with Gasteiger partial charge in [0.25, 0.3) is 0 Å². The summed E-state index contributed by atoms with van der Waals surface area (Å²) in [6.45, 7) is 4.00. The lowest BCUT2D eigenvalue weighted by molar-refractivity contribution is 0.0456. The second-order valence-corrected chi connectivity index (χ2v) is 5.59. The molecule has 6 nitrogen and oxygen atoms in total. The van der Waals surface area contributed by atoms with Crippen LogP contribution in [0.15, 0.2) is 53.3 Å². The molecule has 0 aliphatic carbocycles. The first kappa shape index (κ1) is 13.2. The summed E-state index contributed by atoms with van der Waals surface area (Å²) in [6, 6.07) is 12.4. The molecule has 1 aromatic carbocycles. The predicted molar refractivity (Wildman–Crippen MR) is 81.0 cm³/mol. The molecule has 2 aromatic heterocycles. The summed E-state index contributed by atoms with van der Waals surface area (Å²) in [4.78, 5) is 6.84. The van der Waals surface area contributed by atoms with Crippen molar-refractivity contribution in [2.45, 2.75) is 19.0 Å². The van der Waals surface area contributed by atoms with Gasteiger partial charge >= 0.3 is 0 Å². The van der Waals surface area contributed by atoms with Gasteiger partial charge in [-0.1, -0.05) is 35.5 Å². The Balaban J connectivity index is 1.44. The van der Waals surface area contributed by atoms with Gasteiger partial charge in [-0.15, -0.1) is 0 Å². The summed E-state index contributed by atoms with van der Waals surface area (Å²) >= 11 is 0. The molecule has 1 aliphatic heterocycles. The van der Waals surface area contributed by atoms with Crippen molar-refractivity contribution in [1.29, 1.82) is 0 Å². The summed E-state index contributed by atoms with van der Waals surface area (Å²) in [5.74, 6) is 1.31. The van der Waals surface area contributed by atoms with E-state index in [0.29, 0.717) is 17.8 Å². The van der Waals surface area contributed by atoms with Gasteiger partial charge in [0.2, 0.25) is 11.7 Å². The molecule has 0 spiro atoms. The van der Waals surface area contributed by atoms with Gasteiger partial charge in [0, 0.05) is 31.0 Å². The Bertz CT molecular complexity index is 731. The van der Waals surface area contributed by atoms with Gasteiger partial charge in [0.15, 0.2) is 0 Å². The second-order valence-electron chi connectivity index (χ2n) is 5.59. The van der Waals surface area contributed by atoms with Gasteiger partial charge in [-0.25, -0.2) is 0 Å². The predicted octanol–water partition coefficient (Wildman–Crippen LogP) is 2.55. The molecule has 0 N–H and O–H groups in total. The van der Waals surface area contributed by atoms with Gasteiger partial charge in [-0.3, -0.25) is 9.58 Å². The first-order valence-electron chi connectivity index (χ1n) is 7.43. The molecule has 0 radical (unpaired) electrons. The zero-order chi connectivity index (χ0) is 14.9. The topological polar surface area (TPSA) is 60.0 Å². The van der Waals surface area contributed by atoms with Gasteiger partial charge in [-0.2, -0.15) is 10.1 Å². The van der Waals surface area contributed by atoms with Crippen LogP contribution in [0.3, 0.4) is 0 Å². The summed E-state index contributed by atoms with van der Waals surface area (Å²) in [6.07, 6.45) is 3.82. The molecule has 1 atom stereocenters. The summed E-state index contributed by atoms with van der Waals surface area (Å²) in [5, 5.41) is 8.37. The smallest absolute Gasteiger partial charge is 0.244 e. The van der Waals surface area contributed by atoms with Crippen LogP contribution in [-0.2, 0) is 0 Å². The molecule has 22 heavy (non-hydrogen) atoms. The highest BCUT2D eigenvalue weighted by Gasteiger charge is 2.34. The van der Waals surface area contributed by atoms with Crippen molar-refractivity contribution in [3.8, 4) is 11.4 Å². The van der Waals surface area contributed by atoms with Crippen molar-refractivity contribution in [1.82, 2.24) is 24.8 Å². The fraction of sp³-hybridized carbons (Fsp3) is 0.312. The van der Waals surface area contributed by atoms with Crippen LogP contribution in [0, 0.1) is 0 Å². The monoisotopic (exact) mass is 295 g/mol. The molecule has 1 fully saturated rings. The molecular formula is C16H17N5O. The summed E-state index contributed by atoms with van der Waals surface area (Å²) in [7, 11) is 0. The molecule has 0 amide bonds. The quantitative estimate of drug-likeness (QED) is 0.740. The molecule has 3 heterocycles. The molecule has 112 valence electrons. The molecule has 6 heteroatoms. The Kier molecular flexibility index (Phi) is 3.23. The van der Waals surface area contributed by atoms with E-state index in [2.05, 4.69) is 27.1 Å². The highest BCUT2D eigenvalue weighted by atomic mass is 16.5. The summed E-state index contributed by atoms with van der Waals surface area (Å²) in [5.41, 5.74) is 0.975. The molecule has 0 bridgehead atoms. The van der Waals surface area contributed by atoms with E-state index >= 15 is 0 Å². The number of nitrogens with zero attached hydrogens (tertiary/aromatic N) is 5. The Morgan fingerprint density at radius 1 is 1.18 bits per heavy atom. The SMILES string of the molecule is C[C@H](c1nc(-c2ccccc2)no1)N1CC(n2cccn2)C1. The average Bonchev–Trinajstić information content (AvgIpc) is 3.18. The Hall–Kier alpha value is -2.47. The van der Waals surface area contributed by atoms with Crippen molar-refractivity contribution in [3.63, 3.8) is 0 Å². The van der Waals surface area contributed by atoms with Crippen molar-refractivity contribution >= 4 is 0 Å². The van der Waals surface area contributed by atoms with Crippen LogP contribution in [0.4, 0.5) is 0 Å². The maximum Gasteiger partial charge on any atom is 0.244 e. The van der Waals surface area contributed by atoms with Crippen molar-refractivity contribution in [2.24, 2.45) is 0 Å². The van der Waals surface area contributed by atoms with Gasteiger partial charge in [-0.05, 0) is 13.0 Å². The Morgan fingerprint density at radius 3 is 2.73 bits per heavy atom. The minimum atomic E-state index is 0.122. The first-order valence-corrected chi connectivity index (χ1v) is 7.43. The third kappa shape index (κ3) is 2.31. The number of benzene rings is 1. The maximum atomic E-state index is 5.44. The fourth-order valence-corrected chi connectivity index (χ4v) is 2.73. The van der Waals surface area contributed by atoms with E-state index in [9.17, 15) is 0 Å². The van der Waals surface area contributed by atoms with E-state index in [-0.39, 0.29) is 6.04 Å². The minimum absolute atomic E-state index is 0.122. The van der Waals surface area contributed by atoms with E-state index in [0.717, 1.165) is 18.7 Å². The van der Waals surface area contributed by atoms with Gasteiger partial charge < -0.3 is 4.52 Å². The number of likely N-dealkylation sites (tertiary alicyclic amines) is 1. The Morgan fingerprint density at radius 2 is 2.00 bits per heavy atom. The highest BCUT2D eigenvalue weighted by Crippen LogP contribution is 2.30. The maximum absolute atomic E-state index is 5.44. The minimum Gasteiger partial charge on any atom is -0.337 e. The number of rotatable bonds is 4. The zero-order valence-electron chi connectivity index (χ0n) is 12.3. The molecular weight excluding hydrogens is 278 g/mol. The van der Waals surface area contributed by atoms with Crippen LogP contribution in [0.5, 0.6) is 0 Å². The van der Waals surface area contributed by atoms with Crippen LogP contribution in [0.1, 0.15) is 24.9 Å². The van der Waals surface area contributed by atoms with Crippen LogP contribution >= 0.6 is 0 Å². The first-order chi connectivity index (χ1) is 10.8. The molecule has 1 aliphatic rings. The van der Waals surface area contributed by atoms with Crippen LogP contribution in [-0.4, -0.2) is 37.9 Å². The van der Waals surface area contributed by atoms with E-state index < -0.39 is 0 Å². The number of hydrogen-bond donors (Lipinski definition) is 0. The van der Waals surface area contributed by atoms with Gasteiger partial charge in [0.1, 0.15) is 0 Å². The Labute approximate surface area is 128 Å². The van der Waals surface area contributed by atoms with Crippen molar-refractivity contribution < 1.29 is 4.52 Å². The lowest BCUT2D eigenvalue weighted by Crippen LogP contribution is -2.48. The molecule has 0 saturated carbocycles. The summed E-state index contributed by atoms with van der Waals surface area (Å²) < 4.78 is 7.44. The fourth-order valence-electron chi connectivity index (χ4n) is 2.73. The normalized spacial score (nSPS) is 17.3. The highest BCUT2D eigenvalue weighted by molar-refractivity contribution is 5.53.